The molecule has 0 spiro atoms. The number of nitrogens with one attached hydrogen (secondary N) is 8. The third-order valence-corrected chi connectivity index (χ3v) is 12.1. The van der Waals surface area contributed by atoms with Crippen LogP contribution in [-0.2, 0) is 57.6 Å². The Bertz CT molecular complexity index is 2290. The molecule has 0 bridgehead atoms. The van der Waals surface area contributed by atoms with Crippen molar-refractivity contribution in [2.75, 3.05) is 26.7 Å². The van der Waals surface area contributed by atoms with Crippen LogP contribution >= 0.6 is 12.6 Å². The number of aliphatic imine (C=N–C) groups is 1. The van der Waals surface area contributed by atoms with Crippen LogP contribution in [0.2, 0.25) is 0 Å². The summed E-state index contributed by atoms with van der Waals surface area (Å²) < 4.78 is 0. The molecule has 1 fully saturated rings. The lowest BCUT2D eigenvalue weighted by atomic mass is 9.98. The second kappa shape index (κ2) is 28.0. The molecule has 1 aromatic heterocycles. The number of nitrogens with two attached hydrogens (primary N) is 2. The molecule has 7 atom stereocenters. The fourth-order valence-corrected chi connectivity index (χ4v) is 8.14. The fraction of sp³-hybridized carbons (Fsp3) is 0.500. The van der Waals surface area contributed by atoms with Crippen molar-refractivity contribution < 1.29 is 43.5 Å². The molecule has 71 heavy (non-hydrogen) atoms. The summed E-state index contributed by atoms with van der Waals surface area (Å²) in [6.45, 7) is 7.06. The minimum absolute atomic E-state index is 0.0210. The quantitative estimate of drug-likeness (QED) is 0.0195. The maximum atomic E-state index is 14.5. The fourth-order valence-electron chi connectivity index (χ4n) is 7.99. The molecule has 22 nitrogen and oxygen atoms in total. The van der Waals surface area contributed by atoms with Crippen LogP contribution in [0.5, 0.6) is 0 Å². The molecule has 386 valence electrons. The lowest BCUT2D eigenvalue weighted by Crippen LogP contribution is -2.61. The normalized spacial score (nSPS) is 15.8. The number of carboxylic acids is 1. The van der Waals surface area contributed by atoms with Crippen LogP contribution < -0.4 is 48.7 Å². The summed E-state index contributed by atoms with van der Waals surface area (Å²) in [6.07, 6.45) is 3.96. The molecule has 1 saturated heterocycles. The molecular formula is C48H69N13O9S. The zero-order chi connectivity index (χ0) is 52.2. The Labute approximate surface area is 418 Å². The molecule has 1 aliphatic heterocycles. The van der Waals surface area contributed by atoms with Crippen LogP contribution in [0.4, 0.5) is 0 Å². The van der Waals surface area contributed by atoms with Gasteiger partial charge in [0.05, 0.1) is 12.9 Å². The Kier molecular flexibility index (Phi) is 22.3. The van der Waals surface area contributed by atoms with Crippen molar-refractivity contribution in [3.05, 3.63) is 83.9 Å². The first-order valence-corrected chi connectivity index (χ1v) is 24.1. The highest BCUT2D eigenvalue weighted by molar-refractivity contribution is 7.80. The van der Waals surface area contributed by atoms with E-state index in [4.69, 9.17) is 11.5 Å². The molecule has 0 radical (unpaired) electrons. The van der Waals surface area contributed by atoms with Gasteiger partial charge in [-0.15, -0.1) is 12.6 Å². The molecule has 0 aliphatic carbocycles. The summed E-state index contributed by atoms with van der Waals surface area (Å²) in [6, 6.07) is 7.35. The van der Waals surface area contributed by atoms with E-state index in [1.807, 2.05) is 0 Å². The summed E-state index contributed by atoms with van der Waals surface area (Å²) in [7, 11) is 1.58. The van der Waals surface area contributed by atoms with Gasteiger partial charge in [-0.1, -0.05) is 70.2 Å². The molecule has 1 aliphatic rings. The van der Waals surface area contributed by atoms with Crippen molar-refractivity contribution in [3.63, 3.8) is 0 Å². The molecule has 2 aromatic carbocycles. The maximum absolute atomic E-state index is 14.5. The Morgan fingerprint density at radius 1 is 0.761 bits per heavy atom. The number of hydrogen-bond donors (Lipinski definition) is 12. The number of hydrogen-bond acceptors (Lipinski definition) is 12. The van der Waals surface area contributed by atoms with Gasteiger partial charge in [0.2, 0.25) is 41.4 Å². The number of likely N-dealkylation sites (N-methyl/N-ethyl adjacent to an activating group) is 1. The summed E-state index contributed by atoms with van der Waals surface area (Å²) in [5, 5.41) is 29.1. The molecule has 23 heteroatoms. The molecule has 0 saturated carbocycles. The van der Waals surface area contributed by atoms with Crippen LogP contribution in [0.3, 0.4) is 0 Å². The van der Waals surface area contributed by atoms with E-state index in [9.17, 15) is 43.5 Å². The average Bonchev–Trinajstić information content (AvgIpc) is 4.04. The van der Waals surface area contributed by atoms with E-state index in [0.29, 0.717) is 34.6 Å². The van der Waals surface area contributed by atoms with Gasteiger partial charge in [-0.3, -0.25) is 38.6 Å². The third kappa shape index (κ3) is 18.0. The van der Waals surface area contributed by atoms with Crippen LogP contribution in [0.25, 0.3) is 0 Å². The number of rotatable bonds is 27. The van der Waals surface area contributed by atoms with Crippen molar-refractivity contribution in [2.45, 2.75) is 120 Å². The largest absolute Gasteiger partial charge is 0.480 e. The van der Waals surface area contributed by atoms with E-state index < -0.39 is 101 Å². The number of likely N-dealkylation sites (tertiary alicyclic amines) is 1. The Morgan fingerprint density at radius 3 is 1.92 bits per heavy atom. The number of amides is 7. The van der Waals surface area contributed by atoms with E-state index in [1.54, 1.807) is 89.3 Å². The number of aromatic nitrogens is 2. The number of nitrogens with zero attached hydrogens (tertiary/aromatic N) is 3. The second-order valence-electron chi connectivity index (χ2n) is 18.1. The van der Waals surface area contributed by atoms with E-state index in [2.05, 4.69) is 64.8 Å². The maximum Gasteiger partial charge on any atom is 0.326 e. The number of thiol groups is 1. The predicted molar refractivity (Wildman–Crippen MR) is 267 cm³/mol. The first kappa shape index (κ1) is 56.6. The lowest BCUT2D eigenvalue weighted by Gasteiger charge is -2.31. The van der Waals surface area contributed by atoms with Crippen molar-refractivity contribution in [1.29, 1.82) is 0 Å². The Morgan fingerprint density at radius 2 is 1.35 bits per heavy atom. The molecule has 7 amide bonds. The number of aliphatic carboxylic acids is 1. The second-order valence-corrected chi connectivity index (χ2v) is 18.6. The topological polar surface area (TPSA) is 337 Å². The van der Waals surface area contributed by atoms with Gasteiger partial charge in [0, 0.05) is 49.1 Å². The molecule has 2 heterocycles. The number of carbonyl (C=O) groups is 8. The van der Waals surface area contributed by atoms with Crippen LogP contribution in [-0.4, -0.2) is 142 Å². The standard InChI is InChI=1S/C48H69N13O9S/c1-27(2)39(59-41(63)33(55-38(62)25-51-5)13-9-19-53-48(49)50)44(66)56-34(21-30-15-17-32(71)18-16-30)42(64)60-40(28(3)4)45(67)57-35(23-31-24-52-26-54-31)46(68)61-20-10-14-37(61)43(65)58-36(47(69)70)22-29-11-7-6-8-12-29/h6-8,11-12,15-18,24,26-28,33-37,39-40,51,71H,9-10,13-14,19-23,25H2,1-5H3,(H,52,54)(H,55,62)(H,56,66)(H,57,67)(H,58,65)(H,59,63)(H,60,64)(H,69,70)(H4,49,50,53)/t33-,34-,35-,36-,37+,39-,40-/m0/s1. The van der Waals surface area contributed by atoms with Gasteiger partial charge in [-0.25, -0.2) is 9.78 Å². The first-order chi connectivity index (χ1) is 33.8. The monoisotopic (exact) mass is 1000 g/mol. The molecule has 13 N–H and O–H groups in total. The van der Waals surface area contributed by atoms with Gasteiger partial charge < -0.3 is 63.7 Å². The number of H-pyrrole nitrogens is 1. The highest BCUT2D eigenvalue weighted by Crippen LogP contribution is 2.21. The highest BCUT2D eigenvalue weighted by atomic mass is 32.1. The highest BCUT2D eigenvalue weighted by Gasteiger charge is 2.41. The van der Waals surface area contributed by atoms with Crippen LogP contribution in [0.15, 0.2) is 77.0 Å². The average molecular weight is 1000 g/mol. The van der Waals surface area contributed by atoms with Crippen LogP contribution in [0, 0.1) is 11.8 Å². The van der Waals surface area contributed by atoms with E-state index in [1.165, 1.54) is 17.4 Å². The van der Waals surface area contributed by atoms with Crippen LogP contribution in [0.1, 0.15) is 70.2 Å². The minimum Gasteiger partial charge on any atom is -0.480 e. The summed E-state index contributed by atoms with van der Waals surface area (Å²) in [5.74, 6) is -6.99. The SMILES string of the molecule is CNCC(=O)N[C@@H](CCCN=C(N)N)C(=O)N[C@H](C(=O)N[C@@H](Cc1ccc(S)cc1)C(=O)N[C@H](C(=O)N[C@@H](Cc1cnc[nH]1)C(=O)N1CCC[C@@H]1C(=O)N[C@@H](Cc1ccccc1)C(=O)O)C(C)C)C(C)C. The molecular weight excluding hydrogens is 935 g/mol. The predicted octanol–water partition coefficient (Wildman–Crippen LogP) is -0.704. The molecule has 4 rings (SSSR count). The van der Waals surface area contributed by atoms with Crippen molar-refractivity contribution >= 4 is 65.9 Å². The first-order valence-electron chi connectivity index (χ1n) is 23.6. The lowest BCUT2D eigenvalue weighted by molar-refractivity contribution is -0.145. The van der Waals surface area contributed by atoms with Gasteiger partial charge in [-0.05, 0) is 67.8 Å². The zero-order valence-corrected chi connectivity index (χ0v) is 41.7. The van der Waals surface area contributed by atoms with Gasteiger partial charge >= 0.3 is 5.97 Å². The van der Waals surface area contributed by atoms with Crippen molar-refractivity contribution in [3.8, 4) is 0 Å². The van der Waals surface area contributed by atoms with Crippen molar-refractivity contribution in [1.82, 2.24) is 52.1 Å². The van der Waals surface area contributed by atoms with Gasteiger partial charge in [0.15, 0.2) is 5.96 Å². The van der Waals surface area contributed by atoms with Gasteiger partial charge in [0.25, 0.3) is 0 Å². The summed E-state index contributed by atoms with van der Waals surface area (Å²) >= 11 is 4.37. The number of carbonyl (C=O) groups excluding carboxylic acids is 7. The number of imidazole rings is 1. The number of carboxylic acid groups (broad SMARTS) is 1. The van der Waals surface area contributed by atoms with Gasteiger partial charge in [0.1, 0.15) is 42.3 Å². The number of guanidine groups is 1. The Balaban J connectivity index is 1.56. The molecule has 0 unspecified atom stereocenters. The minimum atomic E-state index is -1.30. The smallest absolute Gasteiger partial charge is 0.326 e. The third-order valence-electron chi connectivity index (χ3n) is 11.8. The van der Waals surface area contributed by atoms with Gasteiger partial charge in [-0.2, -0.15) is 0 Å². The molecule has 3 aromatic rings. The number of aromatic amines is 1. The Hall–Kier alpha value is -7.01. The van der Waals surface area contributed by atoms with E-state index in [-0.39, 0.29) is 57.7 Å². The number of benzene rings is 2. The summed E-state index contributed by atoms with van der Waals surface area (Å²) in [4.78, 5) is 123. The summed E-state index contributed by atoms with van der Waals surface area (Å²) in [5.41, 5.74) is 12.7. The van der Waals surface area contributed by atoms with Crippen molar-refractivity contribution in [2.24, 2.45) is 28.3 Å². The van der Waals surface area contributed by atoms with E-state index >= 15 is 0 Å². The zero-order valence-electron chi connectivity index (χ0n) is 40.8. The van der Waals surface area contributed by atoms with E-state index in [0.717, 1.165) is 0 Å².